The van der Waals surface area contributed by atoms with Crippen LogP contribution in [0.15, 0.2) is 71.0 Å². The van der Waals surface area contributed by atoms with Gasteiger partial charge in [-0.3, -0.25) is 4.99 Å². The Morgan fingerprint density at radius 2 is 1.96 bits per heavy atom. The lowest BCUT2D eigenvalue weighted by atomic mass is 10.2. The van der Waals surface area contributed by atoms with Crippen molar-refractivity contribution in [1.82, 2.24) is 9.55 Å². The second kappa shape index (κ2) is 6.42. The maximum atomic E-state index is 4.71. The van der Waals surface area contributed by atoms with Crippen LogP contribution in [0.2, 0.25) is 0 Å². The molecule has 0 unspecified atom stereocenters. The third-order valence-electron chi connectivity index (χ3n) is 3.99. The zero-order chi connectivity index (χ0) is 16.4. The first-order chi connectivity index (χ1) is 11.8. The van der Waals surface area contributed by atoms with Crippen LogP contribution in [-0.2, 0) is 6.54 Å². The molecule has 0 radical (unpaired) electrons. The Kier molecular flexibility index (Phi) is 3.97. The summed E-state index contributed by atoms with van der Waals surface area (Å²) in [6, 6.07) is 20.8. The summed E-state index contributed by atoms with van der Waals surface area (Å²) < 4.78 is 2.25. The Labute approximate surface area is 144 Å². The number of benzene rings is 2. The molecule has 0 saturated carbocycles. The second-order valence-electron chi connectivity index (χ2n) is 5.68. The lowest BCUT2D eigenvalue weighted by Crippen LogP contribution is -2.01. The molecule has 0 atom stereocenters. The first kappa shape index (κ1) is 14.8. The van der Waals surface area contributed by atoms with E-state index in [1.54, 1.807) is 11.3 Å². The van der Waals surface area contributed by atoms with Gasteiger partial charge in [0.2, 0.25) is 0 Å². The van der Waals surface area contributed by atoms with Gasteiger partial charge >= 0.3 is 0 Å². The van der Waals surface area contributed by atoms with E-state index in [2.05, 4.69) is 64.3 Å². The average molecular weight is 331 g/mol. The topological polar surface area (TPSA) is 30.2 Å². The average Bonchev–Trinajstić information content (AvgIpc) is 3.22. The van der Waals surface area contributed by atoms with Crippen molar-refractivity contribution in [3.8, 4) is 0 Å². The highest BCUT2D eigenvalue weighted by molar-refractivity contribution is 7.11. The number of hydrogen-bond donors (Lipinski definition) is 0. The number of aryl methyl sites for hydroxylation is 1. The fourth-order valence-corrected chi connectivity index (χ4v) is 3.37. The summed E-state index contributed by atoms with van der Waals surface area (Å²) in [5.41, 5.74) is 4.34. The first-order valence-electron chi connectivity index (χ1n) is 7.88. The summed E-state index contributed by atoms with van der Waals surface area (Å²) in [7, 11) is 0. The minimum atomic E-state index is 0.834. The van der Waals surface area contributed by atoms with E-state index in [-0.39, 0.29) is 0 Å². The molecule has 3 nitrogen and oxygen atoms in total. The van der Waals surface area contributed by atoms with Crippen molar-refractivity contribution in [2.24, 2.45) is 4.99 Å². The van der Waals surface area contributed by atoms with Crippen LogP contribution in [0.1, 0.15) is 16.3 Å². The molecule has 24 heavy (non-hydrogen) atoms. The van der Waals surface area contributed by atoms with E-state index < -0.39 is 0 Å². The van der Waals surface area contributed by atoms with E-state index in [0.29, 0.717) is 0 Å². The van der Waals surface area contributed by atoms with Crippen molar-refractivity contribution >= 4 is 34.3 Å². The Bertz CT molecular complexity index is 983. The number of imidazole rings is 1. The van der Waals surface area contributed by atoms with Crippen LogP contribution in [0, 0.1) is 6.92 Å². The Balaban J connectivity index is 1.67. The molecule has 4 rings (SSSR count). The van der Waals surface area contributed by atoms with E-state index in [4.69, 9.17) is 4.98 Å². The van der Waals surface area contributed by atoms with Crippen molar-refractivity contribution in [3.05, 3.63) is 82.3 Å². The molecule has 0 spiro atoms. The number of nitrogens with zero attached hydrogens (tertiary/aromatic N) is 3. The van der Waals surface area contributed by atoms with Crippen molar-refractivity contribution < 1.29 is 0 Å². The fourth-order valence-electron chi connectivity index (χ4n) is 2.79. The molecule has 0 aliphatic heterocycles. The third-order valence-corrected chi connectivity index (χ3v) is 4.80. The number of aromatic nitrogens is 2. The predicted octanol–water partition coefficient (Wildman–Crippen LogP) is 5.21. The number of fused-ring (bicyclic) bond motifs is 1. The maximum absolute atomic E-state index is 4.71. The molecule has 0 aliphatic rings. The van der Waals surface area contributed by atoms with Gasteiger partial charge in [0.25, 0.3) is 0 Å². The van der Waals surface area contributed by atoms with Crippen molar-refractivity contribution in [1.29, 1.82) is 0 Å². The zero-order valence-corrected chi connectivity index (χ0v) is 14.2. The number of rotatable bonds is 4. The minimum absolute atomic E-state index is 0.834. The molecule has 2 aromatic carbocycles. The zero-order valence-electron chi connectivity index (χ0n) is 13.4. The molecule has 0 bridgehead atoms. The normalized spacial score (nSPS) is 11.5. The quantitative estimate of drug-likeness (QED) is 0.472. The van der Waals surface area contributed by atoms with Crippen LogP contribution in [0.4, 0.5) is 5.69 Å². The SMILES string of the molecule is Cc1nc2cc(N=Cc3cccs3)ccc2n1Cc1ccccc1. The van der Waals surface area contributed by atoms with Gasteiger partial charge in [0.05, 0.1) is 16.7 Å². The van der Waals surface area contributed by atoms with E-state index >= 15 is 0 Å². The monoisotopic (exact) mass is 331 g/mol. The number of aliphatic imine (C=N–C) groups is 1. The summed E-state index contributed by atoms with van der Waals surface area (Å²) in [4.78, 5) is 10.4. The van der Waals surface area contributed by atoms with Gasteiger partial charge < -0.3 is 4.57 Å². The van der Waals surface area contributed by atoms with Gasteiger partial charge in [-0.05, 0) is 42.1 Å². The summed E-state index contributed by atoms with van der Waals surface area (Å²) in [5.74, 6) is 1.02. The first-order valence-corrected chi connectivity index (χ1v) is 8.76. The van der Waals surface area contributed by atoms with Gasteiger partial charge in [-0.2, -0.15) is 0 Å². The molecule has 0 amide bonds. The van der Waals surface area contributed by atoms with Gasteiger partial charge in [0, 0.05) is 17.6 Å². The number of thiophene rings is 1. The molecule has 118 valence electrons. The highest BCUT2D eigenvalue weighted by Crippen LogP contribution is 2.23. The lowest BCUT2D eigenvalue weighted by molar-refractivity contribution is 0.786. The Hall–Kier alpha value is -2.72. The van der Waals surface area contributed by atoms with E-state index in [1.807, 2.05) is 24.4 Å². The standard InChI is InChI=1S/C20H17N3S/c1-15-22-19-12-17(21-13-18-8-5-11-24-18)9-10-20(19)23(15)14-16-6-3-2-4-7-16/h2-13H,14H2,1H3. The van der Waals surface area contributed by atoms with Crippen molar-refractivity contribution in [2.75, 3.05) is 0 Å². The Morgan fingerprint density at radius 1 is 1.08 bits per heavy atom. The molecular formula is C20H17N3S. The molecule has 0 aliphatic carbocycles. The molecule has 0 fully saturated rings. The molecule has 2 aromatic heterocycles. The summed E-state index contributed by atoms with van der Waals surface area (Å²) in [6.45, 7) is 2.89. The molecule has 0 N–H and O–H groups in total. The minimum Gasteiger partial charge on any atom is -0.324 e. The summed E-state index contributed by atoms with van der Waals surface area (Å²) >= 11 is 1.68. The fraction of sp³-hybridized carbons (Fsp3) is 0.100. The molecule has 4 heteroatoms. The molecule has 2 heterocycles. The summed E-state index contributed by atoms with van der Waals surface area (Å²) in [6.07, 6.45) is 1.90. The molecule has 4 aromatic rings. The van der Waals surface area contributed by atoms with Crippen molar-refractivity contribution in [3.63, 3.8) is 0 Å². The predicted molar refractivity (Wildman–Crippen MR) is 102 cm³/mol. The highest BCUT2D eigenvalue weighted by atomic mass is 32.1. The maximum Gasteiger partial charge on any atom is 0.107 e. The second-order valence-corrected chi connectivity index (χ2v) is 6.66. The highest BCUT2D eigenvalue weighted by Gasteiger charge is 2.08. The van der Waals surface area contributed by atoms with Gasteiger partial charge in [-0.25, -0.2) is 4.98 Å². The van der Waals surface area contributed by atoms with E-state index in [0.717, 1.165) is 34.0 Å². The third kappa shape index (κ3) is 3.01. The lowest BCUT2D eigenvalue weighted by Gasteiger charge is -2.07. The number of hydrogen-bond acceptors (Lipinski definition) is 3. The van der Waals surface area contributed by atoms with Gasteiger partial charge in [0.15, 0.2) is 0 Å². The molecular weight excluding hydrogens is 314 g/mol. The molecule has 0 saturated heterocycles. The smallest absolute Gasteiger partial charge is 0.107 e. The van der Waals surface area contributed by atoms with Crippen LogP contribution in [0.25, 0.3) is 11.0 Å². The van der Waals surface area contributed by atoms with Crippen LogP contribution in [-0.4, -0.2) is 15.8 Å². The van der Waals surface area contributed by atoms with Gasteiger partial charge in [0.1, 0.15) is 5.82 Å². The van der Waals surface area contributed by atoms with Crippen molar-refractivity contribution in [2.45, 2.75) is 13.5 Å². The van der Waals surface area contributed by atoms with E-state index in [9.17, 15) is 0 Å². The van der Waals surface area contributed by atoms with Gasteiger partial charge in [-0.1, -0.05) is 36.4 Å². The van der Waals surface area contributed by atoms with Crippen LogP contribution >= 0.6 is 11.3 Å². The Morgan fingerprint density at radius 3 is 2.75 bits per heavy atom. The van der Waals surface area contributed by atoms with Crippen LogP contribution < -0.4 is 0 Å². The largest absolute Gasteiger partial charge is 0.324 e. The van der Waals surface area contributed by atoms with Crippen LogP contribution in [0.3, 0.4) is 0 Å². The van der Waals surface area contributed by atoms with Crippen LogP contribution in [0.5, 0.6) is 0 Å². The van der Waals surface area contributed by atoms with Gasteiger partial charge in [-0.15, -0.1) is 11.3 Å². The van der Waals surface area contributed by atoms with E-state index in [1.165, 1.54) is 5.56 Å². The summed E-state index contributed by atoms with van der Waals surface area (Å²) in [5, 5.41) is 2.05.